The van der Waals surface area contributed by atoms with Crippen LogP contribution in [0.4, 0.5) is 0 Å². The Kier molecular flexibility index (Phi) is 24.0. The molecule has 0 saturated heterocycles. The quantitative estimate of drug-likeness (QED) is 0.361. The molecule has 6 heteroatoms. The zero-order valence-electron chi connectivity index (χ0n) is 11.5. The van der Waals surface area contributed by atoms with Crippen molar-refractivity contribution in [3.05, 3.63) is 80.2 Å². The molecule has 0 unspecified atom stereocenters. The van der Waals surface area contributed by atoms with E-state index in [-0.39, 0.29) is 17.1 Å². The fourth-order valence-corrected chi connectivity index (χ4v) is 1.33. The molecule has 5 nitrogen and oxygen atoms in total. The zero-order valence-corrected chi connectivity index (χ0v) is 12.6. The van der Waals surface area contributed by atoms with Crippen molar-refractivity contribution in [2.75, 3.05) is 0 Å². The van der Waals surface area contributed by atoms with Gasteiger partial charge in [0.2, 0.25) is 0 Å². The van der Waals surface area contributed by atoms with Gasteiger partial charge < -0.3 is 4.84 Å². The third kappa shape index (κ3) is 12.9. The largest absolute Gasteiger partial charge is 0 e. The van der Waals surface area contributed by atoms with Gasteiger partial charge >= 0.3 is 33.9 Å². The van der Waals surface area contributed by atoms with E-state index in [4.69, 9.17) is 18.8 Å². The molecular weight excluding hydrogens is 326 g/mol. The number of rotatable bonds is 3. The van der Waals surface area contributed by atoms with Gasteiger partial charge in [0.1, 0.15) is 6.61 Å². The summed E-state index contributed by atoms with van der Waals surface area (Å²) in [6.45, 7) is 14.0. The molecule has 0 heterocycles. The Morgan fingerprint density at radius 1 is 0.955 bits per heavy atom. The molecule has 0 spiro atoms. The average Bonchev–Trinajstić information content (AvgIpc) is 2.62. The molecule has 1 aliphatic rings. The van der Waals surface area contributed by atoms with Crippen molar-refractivity contribution in [2.24, 2.45) is 5.16 Å². The van der Waals surface area contributed by atoms with E-state index in [9.17, 15) is 0 Å². The molecule has 1 aromatic rings. The van der Waals surface area contributed by atoms with Crippen molar-refractivity contribution in [3.8, 4) is 0 Å². The maximum absolute atomic E-state index is 7.50. The molecule has 0 fully saturated rings. The summed E-state index contributed by atoms with van der Waals surface area (Å²) >= 11 is 0. The number of oxime groups is 1. The van der Waals surface area contributed by atoms with E-state index in [0.717, 1.165) is 17.7 Å². The van der Waals surface area contributed by atoms with Crippen LogP contribution in [0.3, 0.4) is 0 Å². The van der Waals surface area contributed by atoms with Crippen LogP contribution in [0.15, 0.2) is 59.8 Å². The van der Waals surface area contributed by atoms with E-state index in [1.54, 1.807) is 0 Å². The van der Waals surface area contributed by atoms with Gasteiger partial charge in [-0.1, -0.05) is 53.7 Å². The molecule has 1 aliphatic carbocycles. The fraction of sp³-hybridized carbons (Fsp3) is 0.125. The molecule has 0 aliphatic heterocycles. The van der Waals surface area contributed by atoms with Crippen LogP contribution in [0.1, 0.15) is 12.0 Å². The van der Waals surface area contributed by atoms with Gasteiger partial charge in [-0.05, 0) is 11.6 Å². The molecule has 0 aromatic heterocycles. The Balaban J connectivity index is -0.000000463. The van der Waals surface area contributed by atoms with Gasteiger partial charge in [-0.3, -0.25) is 0 Å². The molecule has 0 bridgehead atoms. The first-order valence-corrected chi connectivity index (χ1v) is 5.62. The van der Waals surface area contributed by atoms with E-state index < -0.39 is 0 Å². The van der Waals surface area contributed by atoms with Gasteiger partial charge in [0, 0.05) is 23.5 Å². The monoisotopic (exact) mass is 339 g/mol. The summed E-state index contributed by atoms with van der Waals surface area (Å²) in [5.74, 6) is 0. The summed E-state index contributed by atoms with van der Waals surface area (Å²) < 4.78 is 22.5. The van der Waals surface area contributed by atoms with Crippen LogP contribution in [0.2, 0.25) is 0 Å². The first-order valence-electron chi connectivity index (χ1n) is 5.62. The van der Waals surface area contributed by atoms with Crippen LogP contribution in [-0.4, -0.2) is 5.71 Å². The molecular formula is C16H13FeNO4. The van der Waals surface area contributed by atoms with Crippen molar-refractivity contribution in [2.45, 2.75) is 13.0 Å². The molecule has 0 atom stereocenters. The topological polar surface area (TPSA) is 81.3 Å². The normalized spacial score (nSPS) is 11.8. The fourth-order valence-electron chi connectivity index (χ4n) is 1.33. The molecule has 1 aromatic carbocycles. The number of allylic oxidation sites excluding steroid dienone is 4. The van der Waals surface area contributed by atoms with Crippen LogP contribution in [0.25, 0.3) is 0 Å². The molecule has 0 radical (unpaired) electrons. The van der Waals surface area contributed by atoms with E-state index in [2.05, 4.69) is 31.2 Å². The van der Waals surface area contributed by atoms with Crippen LogP contribution < -0.4 is 0 Å². The second kappa shape index (κ2) is 21.2. The first kappa shape index (κ1) is 24.9. The van der Waals surface area contributed by atoms with E-state index in [1.165, 1.54) is 0 Å². The van der Waals surface area contributed by atoms with Crippen molar-refractivity contribution >= 4 is 5.71 Å². The van der Waals surface area contributed by atoms with Gasteiger partial charge in [0.25, 0.3) is 0 Å². The zero-order chi connectivity index (χ0) is 16.3. The molecule has 22 heavy (non-hydrogen) atoms. The van der Waals surface area contributed by atoms with Crippen molar-refractivity contribution in [1.29, 1.82) is 0 Å². The maximum Gasteiger partial charge on any atom is 0 e. The van der Waals surface area contributed by atoms with Crippen LogP contribution in [-0.2, 0) is 42.5 Å². The van der Waals surface area contributed by atoms with E-state index in [1.807, 2.05) is 48.6 Å². The Bertz CT molecular complexity index is 502. The molecule has 0 saturated carbocycles. The summed E-state index contributed by atoms with van der Waals surface area (Å²) in [6, 6.07) is 10.0. The van der Waals surface area contributed by atoms with Crippen molar-refractivity contribution in [3.63, 3.8) is 0 Å². The third-order valence-electron chi connectivity index (χ3n) is 2.12. The standard InChI is InChI=1S/C13H13NO.3CO.Fe/c1-3-7-12(8-4-1)11-15-14-13-9-5-2-6-10-13;3*1-2;/h1-9H,10-11H2;;;;/b14-13-;;;;. The predicted octanol–water partition coefficient (Wildman–Crippen LogP) is 2.96. The minimum atomic E-state index is 0. The smallest absolute Gasteiger partial charge is 0 e. The molecule has 2 rings (SSSR count). The minimum Gasteiger partial charge on any atom is 0 e. The molecule has 114 valence electrons. The van der Waals surface area contributed by atoms with Crippen LogP contribution in [0.5, 0.6) is 0 Å². The number of hydrogen-bond donors (Lipinski definition) is 0. The summed E-state index contributed by atoms with van der Waals surface area (Å²) in [4.78, 5) is 5.26. The Morgan fingerprint density at radius 2 is 1.55 bits per heavy atom. The van der Waals surface area contributed by atoms with Crippen LogP contribution >= 0.6 is 0 Å². The van der Waals surface area contributed by atoms with Gasteiger partial charge in [0.15, 0.2) is 0 Å². The van der Waals surface area contributed by atoms with Gasteiger partial charge in [-0.15, -0.1) is 0 Å². The van der Waals surface area contributed by atoms with Gasteiger partial charge in [-0.2, -0.15) is 0 Å². The van der Waals surface area contributed by atoms with Gasteiger partial charge in [0.05, 0.1) is 5.71 Å². The minimum absolute atomic E-state index is 0. The average molecular weight is 339 g/mol. The second-order valence-corrected chi connectivity index (χ2v) is 3.33. The van der Waals surface area contributed by atoms with Crippen molar-refractivity contribution in [1.82, 2.24) is 0 Å². The number of benzene rings is 1. The Hall–Kier alpha value is -2.09. The SMILES string of the molecule is C1=CC/C(=N\OCc2ccccc2)C=C1.[C-]#[O+].[C-]#[O+].[C-]#[O+].[Fe]. The summed E-state index contributed by atoms with van der Waals surface area (Å²) in [6.07, 6.45) is 8.85. The molecule has 0 amide bonds. The third-order valence-corrected chi connectivity index (χ3v) is 2.12. The molecule has 0 N–H and O–H groups in total. The summed E-state index contributed by atoms with van der Waals surface area (Å²) in [7, 11) is 0. The first-order chi connectivity index (χ1) is 10.4. The Morgan fingerprint density at radius 3 is 2.05 bits per heavy atom. The maximum atomic E-state index is 7.50. The Labute approximate surface area is 140 Å². The number of hydrogen-bond acceptors (Lipinski definition) is 2. The summed E-state index contributed by atoms with van der Waals surface area (Å²) in [5, 5.41) is 4.06. The second-order valence-electron chi connectivity index (χ2n) is 3.33. The van der Waals surface area contributed by atoms with Gasteiger partial charge in [-0.25, -0.2) is 0 Å². The van der Waals surface area contributed by atoms with Crippen molar-refractivity contribution < 1.29 is 35.9 Å². The summed E-state index contributed by atoms with van der Waals surface area (Å²) in [5.41, 5.74) is 2.10. The van der Waals surface area contributed by atoms with E-state index in [0.29, 0.717) is 6.61 Å². The predicted molar refractivity (Wildman–Crippen MR) is 73.4 cm³/mol. The van der Waals surface area contributed by atoms with Crippen LogP contribution in [0, 0.1) is 20.0 Å². The number of nitrogens with zero attached hydrogens (tertiary/aromatic N) is 1. The van der Waals surface area contributed by atoms with E-state index >= 15 is 0 Å².